The maximum Gasteiger partial charge on any atom is 0.277 e. The molecule has 0 saturated heterocycles. The van der Waals surface area contributed by atoms with Crippen molar-refractivity contribution in [3.63, 3.8) is 0 Å². The molecule has 0 fully saturated rings. The molecule has 1 aromatic heterocycles. The van der Waals surface area contributed by atoms with Crippen molar-refractivity contribution in [2.24, 2.45) is 5.10 Å². The predicted octanol–water partition coefficient (Wildman–Crippen LogP) is 4.67. The molecule has 0 aliphatic heterocycles. The molecule has 1 heterocycles. The highest BCUT2D eigenvalue weighted by molar-refractivity contribution is 5.99. The fourth-order valence-electron chi connectivity index (χ4n) is 3.05. The number of para-hydroxylation sites is 1. The highest BCUT2D eigenvalue weighted by Gasteiger charge is 2.04. The molecule has 144 valence electrons. The maximum atomic E-state index is 12.0. The van der Waals surface area contributed by atoms with E-state index in [0.29, 0.717) is 5.75 Å². The Bertz CT molecular complexity index is 1140. The fraction of sp³-hybridized carbons (Fsp3) is 0.0833. The summed E-state index contributed by atoms with van der Waals surface area (Å²) in [4.78, 5) is 15.1. The van der Waals surface area contributed by atoms with E-state index < -0.39 is 0 Å². The number of hydrogen-bond acceptors (Lipinski definition) is 3. The normalized spacial score (nSPS) is 11.1. The summed E-state index contributed by atoms with van der Waals surface area (Å²) in [7, 11) is 0. The number of H-pyrrole nitrogens is 1. The number of rotatable bonds is 6. The van der Waals surface area contributed by atoms with Gasteiger partial charge in [-0.2, -0.15) is 5.10 Å². The van der Waals surface area contributed by atoms with E-state index >= 15 is 0 Å². The van der Waals surface area contributed by atoms with Gasteiger partial charge >= 0.3 is 0 Å². The molecule has 0 radical (unpaired) electrons. The third kappa shape index (κ3) is 4.52. The number of carbonyl (C=O) groups is 1. The number of aryl methyl sites for hydroxylation is 1. The Labute approximate surface area is 169 Å². The van der Waals surface area contributed by atoms with Crippen molar-refractivity contribution >= 4 is 23.0 Å². The first-order valence-corrected chi connectivity index (χ1v) is 9.37. The molecule has 0 saturated carbocycles. The number of hydrogen-bond donors (Lipinski definition) is 2. The van der Waals surface area contributed by atoms with Gasteiger partial charge in [-0.15, -0.1) is 0 Å². The molecule has 4 aromatic rings. The number of aromatic amines is 1. The summed E-state index contributed by atoms with van der Waals surface area (Å²) in [6.07, 6.45) is 3.47. The van der Waals surface area contributed by atoms with Crippen LogP contribution in [0.2, 0.25) is 0 Å². The Kier molecular flexibility index (Phi) is 5.38. The summed E-state index contributed by atoms with van der Waals surface area (Å²) in [5.41, 5.74) is 7.90. The van der Waals surface area contributed by atoms with Crippen molar-refractivity contribution in [1.82, 2.24) is 10.4 Å². The summed E-state index contributed by atoms with van der Waals surface area (Å²) in [6, 6.07) is 23.9. The van der Waals surface area contributed by atoms with Gasteiger partial charge in [0.2, 0.25) is 0 Å². The van der Waals surface area contributed by atoms with E-state index in [0.717, 1.165) is 27.6 Å². The van der Waals surface area contributed by atoms with Crippen LogP contribution in [-0.2, 0) is 4.79 Å². The predicted molar refractivity (Wildman–Crippen MR) is 116 cm³/mol. The lowest BCUT2D eigenvalue weighted by Crippen LogP contribution is -2.24. The number of benzene rings is 3. The molecular formula is C24H21N3O2. The maximum absolute atomic E-state index is 12.0. The van der Waals surface area contributed by atoms with Crippen LogP contribution in [0.15, 0.2) is 84.1 Å². The summed E-state index contributed by atoms with van der Waals surface area (Å²) in [5, 5.41) is 5.06. The number of nitrogens with one attached hydrogen (secondary N) is 2. The van der Waals surface area contributed by atoms with Crippen molar-refractivity contribution in [2.45, 2.75) is 6.92 Å². The van der Waals surface area contributed by atoms with Crippen LogP contribution in [0.25, 0.3) is 22.0 Å². The molecule has 0 aliphatic carbocycles. The Hall–Kier alpha value is -3.86. The molecule has 5 heteroatoms. The van der Waals surface area contributed by atoms with Crippen molar-refractivity contribution < 1.29 is 9.53 Å². The topological polar surface area (TPSA) is 66.5 Å². The van der Waals surface area contributed by atoms with E-state index in [9.17, 15) is 4.79 Å². The van der Waals surface area contributed by atoms with Crippen molar-refractivity contribution in [1.29, 1.82) is 0 Å². The van der Waals surface area contributed by atoms with Crippen LogP contribution in [0.3, 0.4) is 0 Å². The number of ether oxygens (including phenoxy) is 1. The largest absolute Gasteiger partial charge is 0.484 e. The number of carbonyl (C=O) groups excluding carboxylic acids is 1. The van der Waals surface area contributed by atoms with Gasteiger partial charge in [0.1, 0.15) is 5.75 Å². The van der Waals surface area contributed by atoms with Crippen molar-refractivity contribution in [3.8, 4) is 16.9 Å². The number of amides is 1. The Morgan fingerprint density at radius 3 is 2.45 bits per heavy atom. The Balaban J connectivity index is 1.29. The summed E-state index contributed by atoms with van der Waals surface area (Å²) >= 11 is 0. The minimum absolute atomic E-state index is 0.102. The van der Waals surface area contributed by atoms with E-state index in [1.807, 2.05) is 54.7 Å². The second kappa shape index (κ2) is 8.44. The first-order valence-electron chi connectivity index (χ1n) is 9.37. The molecule has 2 N–H and O–H groups in total. The molecule has 29 heavy (non-hydrogen) atoms. The summed E-state index contributed by atoms with van der Waals surface area (Å²) in [5.74, 6) is 0.320. The Morgan fingerprint density at radius 1 is 1.00 bits per heavy atom. The zero-order chi connectivity index (χ0) is 20.1. The minimum Gasteiger partial charge on any atom is -0.484 e. The monoisotopic (exact) mass is 383 g/mol. The van der Waals surface area contributed by atoms with E-state index in [-0.39, 0.29) is 12.5 Å². The van der Waals surface area contributed by atoms with Crippen LogP contribution in [0.5, 0.6) is 5.75 Å². The zero-order valence-electron chi connectivity index (χ0n) is 16.1. The van der Waals surface area contributed by atoms with Gasteiger partial charge < -0.3 is 9.72 Å². The first-order chi connectivity index (χ1) is 14.2. The fourth-order valence-corrected chi connectivity index (χ4v) is 3.05. The van der Waals surface area contributed by atoms with E-state index in [2.05, 4.69) is 46.7 Å². The van der Waals surface area contributed by atoms with Gasteiger partial charge in [-0.25, -0.2) is 5.43 Å². The van der Waals surface area contributed by atoms with Gasteiger partial charge in [0.25, 0.3) is 5.91 Å². The molecule has 0 aliphatic rings. The molecule has 0 atom stereocenters. The van der Waals surface area contributed by atoms with Crippen LogP contribution in [0.4, 0.5) is 0 Å². The quantitative estimate of drug-likeness (QED) is 0.375. The third-order valence-corrected chi connectivity index (χ3v) is 4.62. The number of fused-ring (bicyclic) bond motifs is 1. The molecule has 0 unspecified atom stereocenters. The highest BCUT2D eigenvalue weighted by atomic mass is 16.5. The first kappa shape index (κ1) is 18.5. The van der Waals surface area contributed by atoms with Crippen LogP contribution in [-0.4, -0.2) is 23.7 Å². The minimum atomic E-state index is -0.316. The smallest absolute Gasteiger partial charge is 0.277 e. The number of hydrazone groups is 1. The average molecular weight is 383 g/mol. The van der Waals surface area contributed by atoms with Gasteiger partial charge in [0.15, 0.2) is 6.61 Å². The molecule has 5 nitrogen and oxygen atoms in total. The molecule has 4 rings (SSSR count). The number of aromatic nitrogens is 1. The number of nitrogens with zero attached hydrogens (tertiary/aromatic N) is 1. The van der Waals surface area contributed by atoms with Crippen molar-refractivity contribution in [2.75, 3.05) is 6.61 Å². The average Bonchev–Trinajstić information content (AvgIpc) is 3.16. The lowest BCUT2D eigenvalue weighted by molar-refractivity contribution is -0.123. The van der Waals surface area contributed by atoms with Gasteiger partial charge in [-0.05, 0) is 36.2 Å². The zero-order valence-corrected chi connectivity index (χ0v) is 16.1. The highest BCUT2D eigenvalue weighted by Crippen LogP contribution is 2.22. The van der Waals surface area contributed by atoms with E-state index in [4.69, 9.17) is 4.74 Å². The molecule has 1 amide bonds. The second-order valence-corrected chi connectivity index (χ2v) is 6.76. The lowest BCUT2D eigenvalue weighted by atomic mass is 10.0. The van der Waals surface area contributed by atoms with Crippen LogP contribution in [0, 0.1) is 6.92 Å². The van der Waals surface area contributed by atoms with Crippen molar-refractivity contribution in [3.05, 3.63) is 90.1 Å². The molecular weight excluding hydrogens is 362 g/mol. The second-order valence-electron chi connectivity index (χ2n) is 6.76. The van der Waals surface area contributed by atoms with Gasteiger partial charge in [0.05, 0.1) is 6.21 Å². The Morgan fingerprint density at radius 2 is 1.69 bits per heavy atom. The summed E-state index contributed by atoms with van der Waals surface area (Å²) < 4.78 is 5.54. The molecule has 0 spiro atoms. The standard InChI is InChI=1S/C24H21N3O2/c1-17-6-8-18(9-7-17)19-10-12-21(13-11-19)29-16-24(28)27-26-15-20-14-25-23-5-3-2-4-22(20)23/h2-15,25H,16H2,1H3,(H,27,28)/b26-15+. The molecule has 0 bridgehead atoms. The SMILES string of the molecule is Cc1ccc(-c2ccc(OCC(=O)N/N=C/c3c[nH]c4ccccc34)cc2)cc1. The van der Waals surface area contributed by atoms with Gasteiger partial charge in [-0.3, -0.25) is 4.79 Å². The van der Waals surface area contributed by atoms with Crippen LogP contribution >= 0.6 is 0 Å². The van der Waals surface area contributed by atoms with E-state index in [1.54, 1.807) is 6.21 Å². The molecule has 3 aromatic carbocycles. The van der Waals surface area contributed by atoms with Crippen LogP contribution in [0.1, 0.15) is 11.1 Å². The van der Waals surface area contributed by atoms with E-state index in [1.165, 1.54) is 5.56 Å². The van der Waals surface area contributed by atoms with Crippen LogP contribution < -0.4 is 10.2 Å². The van der Waals surface area contributed by atoms with Gasteiger partial charge in [-0.1, -0.05) is 60.2 Å². The van der Waals surface area contributed by atoms with Gasteiger partial charge in [0, 0.05) is 22.7 Å². The third-order valence-electron chi connectivity index (χ3n) is 4.62. The summed E-state index contributed by atoms with van der Waals surface area (Å²) in [6.45, 7) is 1.96. The lowest BCUT2D eigenvalue weighted by Gasteiger charge is -2.07.